The minimum Gasteiger partial charge on any atom is -0.438 e. The Hall–Kier alpha value is -2.16. The summed E-state index contributed by atoms with van der Waals surface area (Å²) in [5.41, 5.74) is -2.99. The minimum atomic E-state index is -6.41. The predicted molar refractivity (Wildman–Crippen MR) is 120 cm³/mol. The van der Waals surface area contributed by atoms with Gasteiger partial charge in [-0.2, -0.15) is 34.8 Å². The molecule has 0 spiro atoms. The van der Waals surface area contributed by atoms with Crippen LogP contribution in [0.1, 0.15) is 36.0 Å². The van der Waals surface area contributed by atoms with Crippen molar-refractivity contribution >= 4 is 45.6 Å². The van der Waals surface area contributed by atoms with E-state index in [4.69, 9.17) is 9.29 Å². The average molecular weight is 530 g/mol. The van der Waals surface area contributed by atoms with Crippen LogP contribution in [0.4, 0.5) is 26.3 Å². The molecule has 1 aromatic rings. The standard InChI is InChI=1S/C18H23B3F6O7S/c19-6-10-4-11(7-20)15(12(5-10)8-21)33-13(28)2-1-3-14(29)34-16(17(22,23)24,18(25,26)27)9-35(30,31)32/h4-5H,1-3,6-9,19-21H2,(H,30,31,32). The second-order valence-corrected chi connectivity index (χ2v) is 9.11. The minimum absolute atomic E-state index is 0.307. The molecule has 0 aliphatic rings. The van der Waals surface area contributed by atoms with Crippen LogP contribution in [0.2, 0.25) is 0 Å². The molecular weight excluding hydrogens is 507 g/mol. The summed E-state index contributed by atoms with van der Waals surface area (Å²) in [6, 6.07) is 3.70. The van der Waals surface area contributed by atoms with Crippen molar-refractivity contribution in [2.75, 3.05) is 5.75 Å². The number of rotatable bonds is 11. The van der Waals surface area contributed by atoms with Crippen molar-refractivity contribution < 1.29 is 58.4 Å². The van der Waals surface area contributed by atoms with Crippen LogP contribution >= 0.6 is 0 Å². The predicted octanol–water partition coefficient (Wildman–Crippen LogP) is 0.456. The average Bonchev–Trinajstić information content (AvgIpc) is 2.70. The van der Waals surface area contributed by atoms with Gasteiger partial charge < -0.3 is 9.47 Å². The number of alkyl halides is 6. The zero-order valence-electron chi connectivity index (χ0n) is 19.2. The summed E-state index contributed by atoms with van der Waals surface area (Å²) in [6.45, 7) is 0. The molecule has 0 heterocycles. The molecule has 194 valence electrons. The van der Waals surface area contributed by atoms with E-state index in [0.29, 0.717) is 18.4 Å². The van der Waals surface area contributed by atoms with E-state index in [9.17, 15) is 44.3 Å². The highest BCUT2D eigenvalue weighted by Crippen LogP contribution is 2.47. The molecule has 0 aliphatic heterocycles. The highest BCUT2D eigenvalue weighted by molar-refractivity contribution is 7.85. The second-order valence-electron chi connectivity index (χ2n) is 7.65. The zero-order valence-corrected chi connectivity index (χ0v) is 20.0. The van der Waals surface area contributed by atoms with Gasteiger partial charge in [0.1, 0.15) is 35.0 Å². The fraction of sp³-hybridized carbons (Fsp3) is 0.556. The quantitative estimate of drug-likeness (QED) is 0.146. The van der Waals surface area contributed by atoms with Crippen molar-refractivity contribution in [3.05, 3.63) is 28.8 Å². The lowest BCUT2D eigenvalue weighted by molar-refractivity contribution is -0.361. The third kappa shape index (κ3) is 8.19. The summed E-state index contributed by atoms with van der Waals surface area (Å²) in [6.07, 6.45) is -13.2. The first-order valence-electron chi connectivity index (χ1n) is 10.6. The van der Waals surface area contributed by atoms with E-state index in [-0.39, 0.29) is 0 Å². The Balaban J connectivity index is 2.95. The number of esters is 2. The van der Waals surface area contributed by atoms with Crippen molar-refractivity contribution in [2.45, 2.75) is 56.2 Å². The lowest BCUT2D eigenvalue weighted by Crippen LogP contribution is -2.63. The van der Waals surface area contributed by atoms with Gasteiger partial charge in [0.05, 0.1) is 0 Å². The number of ether oxygens (including phenoxy) is 2. The molecule has 1 rings (SSSR count). The normalized spacial score (nSPS) is 12.9. The first-order chi connectivity index (χ1) is 15.9. The first-order valence-corrected chi connectivity index (χ1v) is 12.2. The molecule has 0 bridgehead atoms. The highest BCUT2D eigenvalue weighted by atomic mass is 32.2. The Labute approximate surface area is 200 Å². The van der Waals surface area contributed by atoms with Crippen LogP contribution in [-0.4, -0.2) is 72.2 Å². The number of hydrogen-bond donors (Lipinski definition) is 1. The van der Waals surface area contributed by atoms with Gasteiger partial charge in [-0.3, -0.25) is 14.1 Å². The van der Waals surface area contributed by atoms with Crippen LogP contribution in [-0.2, 0) is 43.4 Å². The molecule has 17 heteroatoms. The Bertz CT molecular complexity index is 989. The molecule has 0 atom stereocenters. The van der Waals surface area contributed by atoms with Gasteiger partial charge in [-0.05, 0) is 17.5 Å². The fourth-order valence-corrected chi connectivity index (χ4v) is 4.10. The van der Waals surface area contributed by atoms with Gasteiger partial charge in [0, 0.05) is 12.8 Å². The summed E-state index contributed by atoms with van der Waals surface area (Å²) in [5, 5.41) is 0. The van der Waals surface area contributed by atoms with Crippen LogP contribution in [0.3, 0.4) is 0 Å². The van der Waals surface area contributed by atoms with E-state index >= 15 is 0 Å². The summed E-state index contributed by atoms with van der Waals surface area (Å²) < 4.78 is 118. The first kappa shape index (κ1) is 30.9. The van der Waals surface area contributed by atoms with Crippen LogP contribution in [0.5, 0.6) is 5.75 Å². The van der Waals surface area contributed by atoms with Crippen molar-refractivity contribution in [3.63, 3.8) is 0 Å². The molecule has 0 amide bonds. The van der Waals surface area contributed by atoms with Gasteiger partial charge in [0.25, 0.3) is 10.1 Å². The smallest absolute Gasteiger partial charge is 0.438 e. The van der Waals surface area contributed by atoms with Crippen molar-refractivity contribution in [2.24, 2.45) is 0 Å². The van der Waals surface area contributed by atoms with Gasteiger partial charge >= 0.3 is 29.9 Å². The molecule has 0 aromatic heterocycles. The molecular formula is C18H23B3F6O7S. The third-order valence-electron chi connectivity index (χ3n) is 5.04. The molecule has 35 heavy (non-hydrogen) atoms. The van der Waals surface area contributed by atoms with Crippen molar-refractivity contribution in [3.8, 4) is 5.75 Å². The van der Waals surface area contributed by atoms with Crippen LogP contribution in [0, 0.1) is 0 Å². The lowest BCUT2D eigenvalue weighted by atomic mass is 9.85. The van der Waals surface area contributed by atoms with Crippen molar-refractivity contribution in [1.82, 2.24) is 0 Å². The Morgan fingerprint density at radius 3 is 1.69 bits per heavy atom. The monoisotopic (exact) mass is 530 g/mol. The van der Waals surface area contributed by atoms with Gasteiger partial charge in [-0.1, -0.05) is 36.7 Å². The van der Waals surface area contributed by atoms with Gasteiger partial charge in [-0.25, -0.2) is 0 Å². The molecule has 7 nitrogen and oxygen atoms in total. The Morgan fingerprint density at radius 2 is 1.31 bits per heavy atom. The maximum absolute atomic E-state index is 13.2. The number of hydrogen-bond acceptors (Lipinski definition) is 6. The topological polar surface area (TPSA) is 107 Å². The van der Waals surface area contributed by atoms with E-state index in [0.717, 1.165) is 23.0 Å². The highest BCUT2D eigenvalue weighted by Gasteiger charge is 2.75. The summed E-state index contributed by atoms with van der Waals surface area (Å²) in [5.74, 6) is -5.59. The molecule has 0 unspecified atom stereocenters. The molecule has 1 aromatic carbocycles. The van der Waals surface area contributed by atoms with E-state index in [2.05, 4.69) is 4.74 Å². The second kappa shape index (κ2) is 11.7. The van der Waals surface area contributed by atoms with E-state index in [1.807, 2.05) is 35.7 Å². The van der Waals surface area contributed by atoms with Gasteiger partial charge in [-0.15, -0.1) is 0 Å². The van der Waals surface area contributed by atoms with Crippen LogP contribution < -0.4 is 4.74 Å². The lowest BCUT2D eigenvalue weighted by Gasteiger charge is -2.35. The number of benzene rings is 1. The van der Waals surface area contributed by atoms with Crippen LogP contribution in [0.15, 0.2) is 12.1 Å². The maximum atomic E-state index is 13.2. The summed E-state index contributed by atoms with van der Waals surface area (Å²) in [7, 11) is -0.256. The Morgan fingerprint density at radius 1 is 0.857 bits per heavy atom. The SMILES string of the molecule is BCc1cc(CB)c(OC(=O)CCCC(=O)OC(CS(=O)(=O)O)(C(F)(F)F)C(F)(F)F)c(CB)c1. The zero-order chi connectivity index (χ0) is 27.2. The molecule has 0 fully saturated rings. The number of halogens is 6. The fourth-order valence-electron chi connectivity index (χ4n) is 3.20. The molecule has 0 aliphatic carbocycles. The Kier molecular flexibility index (Phi) is 10.3. The molecule has 0 radical (unpaired) electrons. The van der Waals surface area contributed by atoms with E-state index < -0.39 is 65.0 Å². The van der Waals surface area contributed by atoms with E-state index in [1.54, 1.807) is 0 Å². The number of carbonyl (C=O) groups excluding carboxylic acids is 2. The van der Waals surface area contributed by atoms with Crippen LogP contribution in [0.25, 0.3) is 0 Å². The van der Waals surface area contributed by atoms with E-state index in [1.165, 1.54) is 0 Å². The summed E-state index contributed by atoms with van der Waals surface area (Å²) >= 11 is 0. The van der Waals surface area contributed by atoms with Crippen molar-refractivity contribution in [1.29, 1.82) is 0 Å². The third-order valence-corrected chi connectivity index (χ3v) is 5.81. The number of carbonyl (C=O) groups is 2. The summed E-state index contributed by atoms with van der Waals surface area (Å²) in [4.78, 5) is 24.0. The van der Waals surface area contributed by atoms with Gasteiger partial charge in [0.15, 0.2) is 0 Å². The molecule has 0 saturated carbocycles. The largest absolute Gasteiger partial charge is 0.438 e. The van der Waals surface area contributed by atoms with Gasteiger partial charge in [0.2, 0.25) is 0 Å². The molecule has 1 N–H and O–H groups in total. The molecule has 0 saturated heterocycles. The maximum Gasteiger partial charge on any atom is 0.438 e.